The summed E-state index contributed by atoms with van der Waals surface area (Å²) in [5.74, 6) is 1.37. The summed E-state index contributed by atoms with van der Waals surface area (Å²) >= 11 is 0. The minimum atomic E-state index is -0.103. The fourth-order valence-electron chi connectivity index (χ4n) is 2.41. The van der Waals surface area contributed by atoms with Gasteiger partial charge in [-0.15, -0.1) is 0 Å². The van der Waals surface area contributed by atoms with Crippen LogP contribution < -0.4 is 20.7 Å². The lowest BCUT2D eigenvalue weighted by atomic mass is 10.1. The number of aryl methyl sites for hydroxylation is 1. The molecule has 144 valence electrons. The Hall–Kier alpha value is -3.02. The van der Waals surface area contributed by atoms with E-state index < -0.39 is 0 Å². The van der Waals surface area contributed by atoms with Gasteiger partial charge in [-0.3, -0.25) is 4.79 Å². The molecule has 0 bridgehead atoms. The fourth-order valence-corrected chi connectivity index (χ4v) is 2.41. The summed E-state index contributed by atoms with van der Waals surface area (Å²) in [5.41, 5.74) is 3.14. The first-order chi connectivity index (χ1) is 13.1. The van der Waals surface area contributed by atoms with Gasteiger partial charge >= 0.3 is 0 Å². The Morgan fingerprint density at radius 1 is 1.11 bits per heavy atom. The average Bonchev–Trinajstić information content (AvgIpc) is 2.64. The van der Waals surface area contributed by atoms with Gasteiger partial charge < -0.3 is 20.7 Å². The molecule has 0 saturated carbocycles. The number of hydrogen-bond donors (Lipinski definition) is 3. The van der Waals surface area contributed by atoms with Gasteiger partial charge in [0.25, 0.3) is 0 Å². The van der Waals surface area contributed by atoms with Crippen molar-refractivity contribution in [2.24, 2.45) is 4.99 Å². The minimum Gasteiger partial charge on any atom is -0.492 e. The molecule has 0 aliphatic heterocycles. The lowest BCUT2D eigenvalue weighted by molar-refractivity contribution is -0.114. The van der Waals surface area contributed by atoms with Crippen LogP contribution in [0, 0.1) is 6.92 Å². The van der Waals surface area contributed by atoms with Crippen LogP contribution in [-0.4, -0.2) is 31.6 Å². The molecule has 0 spiro atoms. The van der Waals surface area contributed by atoms with Crippen LogP contribution in [0.4, 0.5) is 5.69 Å². The molecule has 0 fully saturated rings. The van der Waals surface area contributed by atoms with E-state index >= 15 is 0 Å². The molecular formula is C21H28N4O2. The molecule has 6 heteroatoms. The number of nitrogens with one attached hydrogen (secondary N) is 3. The lowest BCUT2D eigenvalue weighted by Gasteiger charge is -2.12. The highest BCUT2D eigenvalue weighted by atomic mass is 16.5. The number of benzene rings is 2. The summed E-state index contributed by atoms with van der Waals surface area (Å²) in [6, 6.07) is 15.7. The maximum Gasteiger partial charge on any atom is 0.221 e. The number of carbonyl (C=O) groups is 1. The van der Waals surface area contributed by atoms with Crippen molar-refractivity contribution in [3.8, 4) is 5.75 Å². The first kappa shape index (κ1) is 20.3. The number of guanidine groups is 1. The van der Waals surface area contributed by atoms with Gasteiger partial charge in [0.2, 0.25) is 5.91 Å². The molecule has 27 heavy (non-hydrogen) atoms. The molecule has 0 aliphatic carbocycles. The third-order valence-electron chi connectivity index (χ3n) is 3.70. The van der Waals surface area contributed by atoms with Crippen molar-refractivity contribution in [1.29, 1.82) is 0 Å². The van der Waals surface area contributed by atoms with E-state index in [1.54, 1.807) is 6.07 Å². The highest BCUT2D eigenvalue weighted by Gasteiger charge is 2.00. The van der Waals surface area contributed by atoms with Crippen LogP contribution >= 0.6 is 0 Å². The maximum absolute atomic E-state index is 11.1. The molecule has 6 nitrogen and oxygen atoms in total. The second-order valence-corrected chi connectivity index (χ2v) is 6.17. The van der Waals surface area contributed by atoms with E-state index in [1.165, 1.54) is 18.1 Å². The number of carbonyl (C=O) groups excluding carboxylic acids is 1. The van der Waals surface area contributed by atoms with Gasteiger partial charge in [0.1, 0.15) is 12.4 Å². The molecular weight excluding hydrogens is 340 g/mol. The summed E-state index contributed by atoms with van der Waals surface area (Å²) in [6.45, 7) is 8.10. The van der Waals surface area contributed by atoms with Gasteiger partial charge in [-0.05, 0) is 31.5 Å². The SMILES string of the molecule is CCNC(=NCc1ccc(C)cc1)NCCOc1cccc(NC(C)=O)c1. The van der Waals surface area contributed by atoms with Crippen molar-refractivity contribution in [2.45, 2.75) is 27.3 Å². The van der Waals surface area contributed by atoms with Gasteiger partial charge in [0.15, 0.2) is 5.96 Å². The van der Waals surface area contributed by atoms with E-state index in [2.05, 4.69) is 52.1 Å². The van der Waals surface area contributed by atoms with E-state index in [4.69, 9.17) is 4.74 Å². The van der Waals surface area contributed by atoms with Gasteiger partial charge in [-0.25, -0.2) is 4.99 Å². The number of rotatable bonds is 8. The van der Waals surface area contributed by atoms with Crippen LogP contribution in [0.1, 0.15) is 25.0 Å². The predicted molar refractivity (Wildman–Crippen MR) is 110 cm³/mol. The molecule has 0 saturated heterocycles. The molecule has 0 heterocycles. The van der Waals surface area contributed by atoms with E-state index in [9.17, 15) is 4.79 Å². The summed E-state index contributed by atoms with van der Waals surface area (Å²) in [5, 5.41) is 9.24. The summed E-state index contributed by atoms with van der Waals surface area (Å²) in [6.07, 6.45) is 0. The van der Waals surface area contributed by atoms with E-state index in [1.807, 2.05) is 25.1 Å². The highest BCUT2D eigenvalue weighted by Crippen LogP contribution is 2.17. The smallest absolute Gasteiger partial charge is 0.221 e. The van der Waals surface area contributed by atoms with Crippen molar-refractivity contribution < 1.29 is 9.53 Å². The monoisotopic (exact) mass is 368 g/mol. The predicted octanol–water partition coefficient (Wildman–Crippen LogP) is 3.09. The topological polar surface area (TPSA) is 74.8 Å². The van der Waals surface area contributed by atoms with Crippen molar-refractivity contribution >= 4 is 17.6 Å². The summed E-state index contributed by atoms with van der Waals surface area (Å²) < 4.78 is 5.74. The summed E-state index contributed by atoms with van der Waals surface area (Å²) in [4.78, 5) is 15.7. The van der Waals surface area contributed by atoms with Gasteiger partial charge in [-0.1, -0.05) is 35.9 Å². The molecule has 3 N–H and O–H groups in total. The van der Waals surface area contributed by atoms with E-state index in [0.717, 1.165) is 18.2 Å². The second kappa shape index (κ2) is 10.9. The number of ether oxygens (including phenoxy) is 1. The number of aliphatic imine (C=N–C) groups is 1. The zero-order chi connectivity index (χ0) is 19.5. The number of anilines is 1. The maximum atomic E-state index is 11.1. The molecule has 1 amide bonds. The van der Waals surface area contributed by atoms with Crippen LogP contribution in [0.15, 0.2) is 53.5 Å². The fraction of sp³-hybridized carbons (Fsp3) is 0.333. The van der Waals surface area contributed by atoms with Crippen LogP contribution in [0.3, 0.4) is 0 Å². The Bertz CT molecular complexity index is 757. The third-order valence-corrected chi connectivity index (χ3v) is 3.70. The number of nitrogens with zero attached hydrogens (tertiary/aromatic N) is 1. The van der Waals surface area contributed by atoms with Crippen molar-refractivity contribution in [3.63, 3.8) is 0 Å². The lowest BCUT2D eigenvalue weighted by Crippen LogP contribution is -2.39. The molecule has 2 aromatic rings. The Morgan fingerprint density at radius 2 is 1.89 bits per heavy atom. The quantitative estimate of drug-likeness (QED) is 0.380. The molecule has 2 rings (SSSR count). The van der Waals surface area contributed by atoms with E-state index in [-0.39, 0.29) is 5.91 Å². The zero-order valence-corrected chi connectivity index (χ0v) is 16.2. The Labute approximate surface area is 161 Å². The molecule has 2 aromatic carbocycles. The van der Waals surface area contributed by atoms with Crippen LogP contribution in [0.5, 0.6) is 5.75 Å². The van der Waals surface area contributed by atoms with Crippen molar-refractivity contribution in [2.75, 3.05) is 25.0 Å². The zero-order valence-electron chi connectivity index (χ0n) is 16.2. The second-order valence-electron chi connectivity index (χ2n) is 6.17. The van der Waals surface area contributed by atoms with Crippen LogP contribution in [0.2, 0.25) is 0 Å². The van der Waals surface area contributed by atoms with Gasteiger partial charge in [0, 0.05) is 25.2 Å². The first-order valence-electron chi connectivity index (χ1n) is 9.15. The highest BCUT2D eigenvalue weighted by molar-refractivity contribution is 5.88. The van der Waals surface area contributed by atoms with Gasteiger partial charge in [-0.2, -0.15) is 0 Å². The standard InChI is InChI=1S/C21H28N4O2/c1-4-22-21(24-15-18-10-8-16(2)9-11-18)23-12-13-27-20-7-5-6-19(14-20)25-17(3)26/h5-11,14H,4,12-13,15H2,1-3H3,(H,25,26)(H2,22,23,24). The van der Waals surface area contributed by atoms with Gasteiger partial charge in [0.05, 0.1) is 13.1 Å². The Balaban J connectivity index is 1.81. The molecule has 0 radical (unpaired) electrons. The molecule has 0 aliphatic rings. The van der Waals surface area contributed by atoms with Crippen LogP contribution in [0.25, 0.3) is 0 Å². The molecule has 0 aromatic heterocycles. The number of amides is 1. The molecule has 0 unspecified atom stereocenters. The van der Waals surface area contributed by atoms with Crippen LogP contribution in [-0.2, 0) is 11.3 Å². The minimum absolute atomic E-state index is 0.103. The Kier molecular flexibility index (Phi) is 8.16. The third kappa shape index (κ3) is 7.81. The molecule has 0 atom stereocenters. The Morgan fingerprint density at radius 3 is 2.59 bits per heavy atom. The summed E-state index contributed by atoms with van der Waals surface area (Å²) in [7, 11) is 0. The average molecular weight is 368 g/mol. The van der Waals surface area contributed by atoms with Crippen molar-refractivity contribution in [3.05, 3.63) is 59.7 Å². The number of hydrogen-bond acceptors (Lipinski definition) is 3. The van der Waals surface area contributed by atoms with Crippen molar-refractivity contribution in [1.82, 2.24) is 10.6 Å². The largest absolute Gasteiger partial charge is 0.492 e. The first-order valence-corrected chi connectivity index (χ1v) is 9.15. The normalized spacial score (nSPS) is 11.0. The van der Waals surface area contributed by atoms with E-state index in [0.29, 0.717) is 25.4 Å².